The Morgan fingerprint density at radius 2 is 1.71 bits per heavy atom. The summed E-state index contributed by atoms with van der Waals surface area (Å²) in [4.78, 5) is 11.3. The standard InChI is InChI=1S/C17H13NO3/c18-12-8-9-16(14(10-12)17(19)20)21-15-7-3-5-11-4-1-2-6-13(11)15/h1-10H,18H2,(H,19,20). The molecule has 0 fully saturated rings. The largest absolute Gasteiger partial charge is 0.478 e. The van der Waals surface area contributed by atoms with Crippen LogP contribution in [0.2, 0.25) is 0 Å². The van der Waals surface area contributed by atoms with E-state index in [1.807, 2.05) is 42.5 Å². The molecule has 0 atom stereocenters. The summed E-state index contributed by atoms with van der Waals surface area (Å²) in [6.45, 7) is 0. The van der Waals surface area contributed by atoms with Gasteiger partial charge in [-0.25, -0.2) is 4.79 Å². The summed E-state index contributed by atoms with van der Waals surface area (Å²) in [5.41, 5.74) is 6.06. The van der Waals surface area contributed by atoms with Crippen molar-refractivity contribution in [1.82, 2.24) is 0 Å². The Hall–Kier alpha value is -3.01. The van der Waals surface area contributed by atoms with Crippen LogP contribution in [0.3, 0.4) is 0 Å². The van der Waals surface area contributed by atoms with Crippen LogP contribution in [0.4, 0.5) is 5.69 Å². The van der Waals surface area contributed by atoms with E-state index >= 15 is 0 Å². The van der Waals surface area contributed by atoms with Crippen molar-refractivity contribution in [2.24, 2.45) is 0 Å². The van der Waals surface area contributed by atoms with Gasteiger partial charge in [0.15, 0.2) is 0 Å². The molecule has 3 rings (SSSR count). The van der Waals surface area contributed by atoms with Crippen LogP contribution < -0.4 is 10.5 Å². The smallest absolute Gasteiger partial charge is 0.339 e. The summed E-state index contributed by atoms with van der Waals surface area (Å²) >= 11 is 0. The maximum Gasteiger partial charge on any atom is 0.339 e. The zero-order chi connectivity index (χ0) is 14.8. The average Bonchev–Trinajstić information content (AvgIpc) is 2.49. The van der Waals surface area contributed by atoms with Crippen LogP contribution >= 0.6 is 0 Å². The molecule has 0 aliphatic carbocycles. The molecule has 0 heterocycles. The van der Waals surface area contributed by atoms with E-state index in [4.69, 9.17) is 10.5 Å². The Balaban J connectivity index is 2.09. The van der Waals surface area contributed by atoms with E-state index in [1.54, 1.807) is 12.1 Å². The molecule has 0 saturated carbocycles. The van der Waals surface area contributed by atoms with Gasteiger partial charge >= 0.3 is 5.97 Å². The van der Waals surface area contributed by atoms with Gasteiger partial charge in [-0.1, -0.05) is 36.4 Å². The number of ether oxygens (including phenoxy) is 1. The predicted molar refractivity (Wildman–Crippen MR) is 81.8 cm³/mol. The molecule has 4 heteroatoms. The SMILES string of the molecule is Nc1ccc(Oc2cccc3ccccc23)c(C(=O)O)c1. The van der Waals surface area contributed by atoms with Crippen molar-refractivity contribution in [3.63, 3.8) is 0 Å². The number of nitrogen functional groups attached to an aromatic ring is 1. The lowest BCUT2D eigenvalue weighted by molar-refractivity contribution is 0.0694. The third kappa shape index (κ3) is 2.51. The fraction of sp³-hybridized carbons (Fsp3) is 0. The molecule has 0 saturated heterocycles. The van der Waals surface area contributed by atoms with Gasteiger partial charge in [-0.05, 0) is 29.7 Å². The molecule has 3 N–H and O–H groups in total. The number of fused-ring (bicyclic) bond motifs is 1. The quantitative estimate of drug-likeness (QED) is 0.713. The van der Waals surface area contributed by atoms with Crippen LogP contribution in [0.15, 0.2) is 60.7 Å². The summed E-state index contributed by atoms with van der Waals surface area (Å²) in [7, 11) is 0. The van der Waals surface area contributed by atoms with Crippen molar-refractivity contribution < 1.29 is 14.6 Å². The fourth-order valence-electron chi connectivity index (χ4n) is 2.21. The van der Waals surface area contributed by atoms with Crippen molar-refractivity contribution in [1.29, 1.82) is 0 Å². The van der Waals surface area contributed by atoms with Crippen molar-refractivity contribution in [2.45, 2.75) is 0 Å². The zero-order valence-corrected chi connectivity index (χ0v) is 11.1. The highest BCUT2D eigenvalue weighted by Crippen LogP contribution is 2.32. The summed E-state index contributed by atoms with van der Waals surface area (Å²) in [5, 5.41) is 11.2. The molecule has 3 aromatic rings. The Kier molecular flexibility index (Phi) is 3.20. The average molecular weight is 279 g/mol. The van der Waals surface area contributed by atoms with E-state index in [0.717, 1.165) is 10.8 Å². The number of anilines is 1. The van der Waals surface area contributed by atoms with Gasteiger partial charge < -0.3 is 15.6 Å². The van der Waals surface area contributed by atoms with Crippen LogP contribution in [0.5, 0.6) is 11.5 Å². The van der Waals surface area contributed by atoms with Crippen molar-refractivity contribution >= 4 is 22.4 Å². The highest BCUT2D eigenvalue weighted by molar-refractivity contribution is 5.93. The first-order valence-electron chi connectivity index (χ1n) is 6.43. The molecule has 0 unspecified atom stereocenters. The number of carboxylic acid groups (broad SMARTS) is 1. The lowest BCUT2D eigenvalue weighted by Crippen LogP contribution is -2.01. The molecule has 21 heavy (non-hydrogen) atoms. The zero-order valence-electron chi connectivity index (χ0n) is 11.1. The molecular weight excluding hydrogens is 266 g/mol. The normalized spacial score (nSPS) is 10.5. The summed E-state index contributed by atoms with van der Waals surface area (Å²) in [6.07, 6.45) is 0. The lowest BCUT2D eigenvalue weighted by atomic mass is 10.1. The van der Waals surface area contributed by atoms with E-state index in [2.05, 4.69) is 0 Å². The summed E-state index contributed by atoms with van der Waals surface area (Å²) in [6, 6.07) is 18.0. The van der Waals surface area contributed by atoms with E-state index in [1.165, 1.54) is 6.07 Å². The third-order valence-corrected chi connectivity index (χ3v) is 3.20. The number of aromatic carboxylic acids is 1. The van der Waals surface area contributed by atoms with Gasteiger partial charge in [-0.2, -0.15) is 0 Å². The summed E-state index contributed by atoms with van der Waals surface area (Å²) < 4.78 is 5.80. The molecule has 0 aliphatic rings. The van der Waals surface area contributed by atoms with Crippen LogP contribution in [-0.2, 0) is 0 Å². The third-order valence-electron chi connectivity index (χ3n) is 3.20. The minimum Gasteiger partial charge on any atom is -0.478 e. The van der Waals surface area contributed by atoms with Gasteiger partial charge in [0.05, 0.1) is 0 Å². The molecule has 104 valence electrons. The van der Waals surface area contributed by atoms with Crippen LogP contribution in [0.25, 0.3) is 10.8 Å². The molecular formula is C17H13NO3. The van der Waals surface area contributed by atoms with Gasteiger partial charge in [-0.3, -0.25) is 0 Å². The lowest BCUT2D eigenvalue weighted by Gasteiger charge is -2.11. The second-order valence-electron chi connectivity index (χ2n) is 4.64. The predicted octanol–water partition coefficient (Wildman–Crippen LogP) is 3.91. The van der Waals surface area contributed by atoms with Crippen LogP contribution in [0.1, 0.15) is 10.4 Å². The van der Waals surface area contributed by atoms with E-state index in [-0.39, 0.29) is 11.3 Å². The van der Waals surface area contributed by atoms with Gasteiger partial charge in [0.25, 0.3) is 0 Å². The highest BCUT2D eigenvalue weighted by Gasteiger charge is 2.13. The Morgan fingerprint density at radius 3 is 2.52 bits per heavy atom. The molecule has 0 aromatic heterocycles. The summed E-state index contributed by atoms with van der Waals surface area (Å²) in [5.74, 6) is -0.189. The molecule has 0 bridgehead atoms. The fourth-order valence-corrected chi connectivity index (χ4v) is 2.21. The van der Waals surface area contributed by atoms with Crippen molar-refractivity contribution in [2.75, 3.05) is 5.73 Å². The molecule has 0 spiro atoms. The van der Waals surface area contributed by atoms with E-state index in [9.17, 15) is 9.90 Å². The molecule has 0 amide bonds. The second-order valence-corrected chi connectivity index (χ2v) is 4.64. The molecule has 4 nitrogen and oxygen atoms in total. The minimum absolute atomic E-state index is 0.0444. The first kappa shape index (κ1) is 13.0. The van der Waals surface area contributed by atoms with Gasteiger partial charge in [0.1, 0.15) is 17.1 Å². The Labute approximate surface area is 121 Å². The first-order chi connectivity index (χ1) is 10.1. The van der Waals surface area contributed by atoms with E-state index in [0.29, 0.717) is 11.4 Å². The number of hydrogen-bond donors (Lipinski definition) is 2. The van der Waals surface area contributed by atoms with Crippen molar-refractivity contribution in [3.05, 3.63) is 66.2 Å². The maximum atomic E-state index is 11.3. The van der Waals surface area contributed by atoms with Gasteiger partial charge in [0.2, 0.25) is 0 Å². The monoisotopic (exact) mass is 279 g/mol. The number of carbonyl (C=O) groups is 1. The minimum atomic E-state index is -1.07. The van der Waals surface area contributed by atoms with Gasteiger partial charge in [-0.15, -0.1) is 0 Å². The first-order valence-corrected chi connectivity index (χ1v) is 6.43. The van der Waals surface area contributed by atoms with E-state index < -0.39 is 5.97 Å². The number of benzene rings is 3. The molecule has 3 aromatic carbocycles. The number of rotatable bonds is 3. The van der Waals surface area contributed by atoms with Crippen LogP contribution in [0, 0.1) is 0 Å². The molecule has 0 aliphatic heterocycles. The number of nitrogens with two attached hydrogens (primary N) is 1. The maximum absolute atomic E-state index is 11.3. The number of carboxylic acids is 1. The van der Waals surface area contributed by atoms with Gasteiger partial charge in [0, 0.05) is 11.1 Å². The van der Waals surface area contributed by atoms with Crippen molar-refractivity contribution in [3.8, 4) is 11.5 Å². The molecule has 0 radical (unpaired) electrons. The topological polar surface area (TPSA) is 72.5 Å². The highest BCUT2D eigenvalue weighted by atomic mass is 16.5. The van der Waals surface area contributed by atoms with Crippen LogP contribution in [-0.4, -0.2) is 11.1 Å². The Bertz CT molecular complexity index is 822. The second kappa shape index (κ2) is 5.17. The number of hydrogen-bond acceptors (Lipinski definition) is 3. The Morgan fingerprint density at radius 1 is 0.952 bits per heavy atom.